The van der Waals surface area contributed by atoms with Crippen LogP contribution in [0.25, 0.3) is 0 Å². The van der Waals surface area contributed by atoms with Crippen LogP contribution in [0.1, 0.15) is 25.5 Å². The number of aryl methyl sites for hydroxylation is 2. The van der Waals surface area contributed by atoms with Crippen LogP contribution < -0.4 is 4.57 Å². The Hall–Kier alpha value is -0.910. The zero-order valence-corrected chi connectivity index (χ0v) is 10.9. The first-order valence-electron chi connectivity index (χ1n) is 5.16. The first kappa shape index (κ1) is 17.1. The van der Waals surface area contributed by atoms with Crippen molar-refractivity contribution in [1.29, 1.82) is 0 Å². The molecule has 0 aliphatic rings. The predicted octanol–water partition coefficient (Wildman–Crippen LogP) is 4.86. The number of rotatable bonds is 3. The Kier molecular flexibility index (Phi) is 4.74. The second kappa shape index (κ2) is 4.99. The summed E-state index contributed by atoms with van der Waals surface area (Å²) in [4.78, 5) is 4.19. The van der Waals surface area contributed by atoms with Crippen LogP contribution in [0, 0.1) is 6.92 Å². The number of halogens is 6. The Balaban J connectivity index is 0.000000360. The molecular weight excluding hydrogens is 281 g/mol. The zero-order chi connectivity index (χ0) is 14.5. The molecule has 0 spiro atoms. The summed E-state index contributed by atoms with van der Waals surface area (Å²) < 4.78 is 61.3. The summed E-state index contributed by atoms with van der Waals surface area (Å²) in [5, 5.41) is 0. The topological polar surface area (TPSA) is 16.8 Å². The second-order valence-corrected chi connectivity index (χ2v) is 5.67. The molecule has 0 aromatic carbocycles. The fourth-order valence-corrected chi connectivity index (χ4v) is 0.923. The maximum atomic E-state index is 9.87. The molecule has 9 heteroatoms. The third-order valence-corrected chi connectivity index (χ3v) is 1.69. The van der Waals surface area contributed by atoms with Gasteiger partial charge < -0.3 is 0 Å². The summed E-state index contributed by atoms with van der Waals surface area (Å²) in [6.45, 7) is 5.29. The molecule has 1 rings (SSSR count). The second-order valence-electron chi connectivity index (χ2n) is 3.75. The third-order valence-electron chi connectivity index (χ3n) is 1.69. The van der Waals surface area contributed by atoms with Gasteiger partial charge in [-0.1, -0.05) is 18.3 Å². The standard InChI is InChI=1S/C9H15N2.F6P/c1-3-4-6-11-7-5-9(2)10-8-11;1-7(2,3,4,5)6/h5,7-8H,3-4,6H2,1-2H3;/q+1;-1. The van der Waals surface area contributed by atoms with Crippen molar-refractivity contribution in [1.82, 2.24) is 4.98 Å². The summed E-state index contributed by atoms with van der Waals surface area (Å²) in [7, 11) is -10.7. The van der Waals surface area contributed by atoms with Crippen LogP contribution in [0.2, 0.25) is 0 Å². The molecule has 0 unspecified atom stereocenters. The van der Waals surface area contributed by atoms with E-state index < -0.39 is 7.81 Å². The molecule has 0 fully saturated rings. The van der Waals surface area contributed by atoms with Crippen molar-refractivity contribution >= 4 is 7.81 Å². The van der Waals surface area contributed by atoms with E-state index in [9.17, 15) is 25.2 Å². The van der Waals surface area contributed by atoms with Crippen molar-refractivity contribution < 1.29 is 29.7 Å². The Morgan fingerprint density at radius 3 is 2.00 bits per heavy atom. The van der Waals surface area contributed by atoms with Crippen LogP contribution in [0.3, 0.4) is 0 Å². The van der Waals surface area contributed by atoms with Crippen LogP contribution in [-0.2, 0) is 6.54 Å². The van der Waals surface area contributed by atoms with E-state index in [1.165, 1.54) is 12.8 Å². The van der Waals surface area contributed by atoms with Gasteiger partial charge >= 0.3 is 33.0 Å². The number of aromatic nitrogens is 2. The molecule has 108 valence electrons. The Labute approximate surface area is 101 Å². The Morgan fingerprint density at radius 2 is 1.67 bits per heavy atom. The molecular formula is C9H15F6N2P. The molecule has 0 radical (unpaired) electrons. The van der Waals surface area contributed by atoms with Gasteiger partial charge in [-0.15, -0.1) is 0 Å². The molecule has 2 nitrogen and oxygen atoms in total. The molecule has 0 aliphatic carbocycles. The number of nitrogens with zero attached hydrogens (tertiary/aromatic N) is 2. The number of hydrogen-bond donors (Lipinski definition) is 0. The number of unbranched alkanes of at least 4 members (excludes halogenated alkanes) is 1. The zero-order valence-electron chi connectivity index (χ0n) is 9.96. The molecule has 0 saturated heterocycles. The van der Waals surface area contributed by atoms with Gasteiger partial charge in [0.25, 0.3) is 6.33 Å². The van der Waals surface area contributed by atoms with Crippen LogP contribution in [0.15, 0.2) is 18.6 Å². The SMILES string of the molecule is CCCC[n+]1ccc(C)nc1.F[P-](F)(F)(F)(F)F. The average molecular weight is 296 g/mol. The van der Waals surface area contributed by atoms with Gasteiger partial charge in [0.15, 0.2) is 5.69 Å². The van der Waals surface area contributed by atoms with Gasteiger partial charge in [0.05, 0.1) is 12.7 Å². The first-order chi connectivity index (χ1) is 7.78. The molecule has 0 saturated carbocycles. The molecule has 1 heterocycles. The first-order valence-corrected chi connectivity index (χ1v) is 7.19. The van der Waals surface area contributed by atoms with Gasteiger partial charge in [0.2, 0.25) is 0 Å². The van der Waals surface area contributed by atoms with E-state index in [0.29, 0.717) is 0 Å². The molecule has 1 aromatic rings. The van der Waals surface area contributed by atoms with Crippen LogP contribution >= 0.6 is 7.81 Å². The summed E-state index contributed by atoms with van der Waals surface area (Å²) in [5.74, 6) is 0. The fourth-order valence-electron chi connectivity index (χ4n) is 0.923. The fraction of sp³-hybridized carbons (Fsp3) is 0.556. The summed E-state index contributed by atoms with van der Waals surface area (Å²) in [6.07, 6.45) is 6.44. The molecule has 18 heavy (non-hydrogen) atoms. The summed E-state index contributed by atoms with van der Waals surface area (Å²) >= 11 is 0. The van der Waals surface area contributed by atoms with Gasteiger partial charge in [-0.05, 0) is 6.42 Å². The Bertz CT molecular complexity index is 359. The van der Waals surface area contributed by atoms with Gasteiger partial charge in [0, 0.05) is 13.0 Å². The van der Waals surface area contributed by atoms with Crippen molar-refractivity contribution in [2.24, 2.45) is 0 Å². The van der Waals surface area contributed by atoms with Crippen molar-refractivity contribution in [3.8, 4) is 0 Å². The van der Waals surface area contributed by atoms with Crippen molar-refractivity contribution in [3.63, 3.8) is 0 Å². The Morgan fingerprint density at radius 1 is 1.17 bits per heavy atom. The maximum absolute atomic E-state index is 10.7. The molecule has 0 atom stereocenters. The summed E-state index contributed by atoms with van der Waals surface area (Å²) in [5.41, 5.74) is 1.08. The predicted molar refractivity (Wildman–Crippen MR) is 57.6 cm³/mol. The van der Waals surface area contributed by atoms with Gasteiger partial charge in [-0.25, -0.2) is 4.57 Å². The minimum atomic E-state index is -10.7. The van der Waals surface area contributed by atoms with Crippen LogP contribution in [-0.4, -0.2) is 4.98 Å². The van der Waals surface area contributed by atoms with Crippen molar-refractivity contribution in [2.45, 2.75) is 33.2 Å². The van der Waals surface area contributed by atoms with E-state index in [2.05, 4.69) is 22.7 Å². The monoisotopic (exact) mass is 296 g/mol. The van der Waals surface area contributed by atoms with E-state index in [0.717, 1.165) is 12.2 Å². The van der Waals surface area contributed by atoms with Crippen molar-refractivity contribution in [2.75, 3.05) is 0 Å². The molecule has 1 aromatic heterocycles. The van der Waals surface area contributed by atoms with E-state index in [1.807, 2.05) is 19.3 Å². The van der Waals surface area contributed by atoms with E-state index >= 15 is 0 Å². The molecule has 0 aliphatic heterocycles. The normalized spacial score (nSPS) is 15.1. The van der Waals surface area contributed by atoms with Crippen LogP contribution in [0.4, 0.5) is 25.2 Å². The molecule has 0 bridgehead atoms. The van der Waals surface area contributed by atoms with Gasteiger partial charge in [0.1, 0.15) is 0 Å². The van der Waals surface area contributed by atoms with E-state index in [4.69, 9.17) is 0 Å². The van der Waals surface area contributed by atoms with Gasteiger partial charge in [-0.3, -0.25) is 0 Å². The third kappa shape index (κ3) is 17.5. The minimum absolute atomic E-state index is 1.08. The quantitative estimate of drug-likeness (QED) is 0.442. The summed E-state index contributed by atoms with van der Waals surface area (Å²) in [6, 6.07) is 2.04. The average Bonchev–Trinajstić information content (AvgIpc) is 2.12. The van der Waals surface area contributed by atoms with E-state index in [-0.39, 0.29) is 0 Å². The van der Waals surface area contributed by atoms with E-state index in [1.54, 1.807) is 0 Å². The molecule has 0 N–H and O–H groups in total. The van der Waals surface area contributed by atoms with Crippen molar-refractivity contribution in [3.05, 3.63) is 24.3 Å². The van der Waals surface area contributed by atoms with Gasteiger partial charge in [-0.2, -0.15) is 0 Å². The van der Waals surface area contributed by atoms with Crippen LogP contribution in [0.5, 0.6) is 0 Å². The number of hydrogen-bond acceptors (Lipinski definition) is 1. The molecule has 0 amide bonds.